The zero-order valence-electron chi connectivity index (χ0n) is 14.6. The Morgan fingerprint density at radius 1 is 1.11 bits per heavy atom. The number of hydrogen-bond acceptors (Lipinski definition) is 5. The van der Waals surface area contributed by atoms with Gasteiger partial charge in [0.1, 0.15) is 5.75 Å². The number of carbonyl (C=O) groups is 3. The molecule has 0 bridgehead atoms. The number of nitrogens with one attached hydrogen (secondary N) is 1. The summed E-state index contributed by atoms with van der Waals surface area (Å²) in [4.78, 5) is 35.6. The molecule has 0 saturated carbocycles. The summed E-state index contributed by atoms with van der Waals surface area (Å²) >= 11 is 5.84. The maximum Gasteiger partial charge on any atom is 0.312 e. The van der Waals surface area contributed by atoms with Gasteiger partial charge in [0.25, 0.3) is 0 Å². The first-order valence-electron chi connectivity index (χ1n) is 8.04. The van der Waals surface area contributed by atoms with Crippen LogP contribution in [0.25, 0.3) is 0 Å². The lowest BCUT2D eigenvalue weighted by Gasteiger charge is -2.17. The Balaban J connectivity index is 2.00. The van der Waals surface area contributed by atoms with Crippen molar-refractivity contribution in [2.45, 2.75) is 12.5 Å². The number of amides is 2. The van der Waals surface area contributed by atoms with Crippen LogP contribution >= 0.6 is 11.6 Å². The largest absolute Gasteiger partial charge is 0.496 e. The lowest BCUT2D eigenvalue weighted by molar-refractivity contribution is -0.143. The summed E-state index contributed by atoms with van der Waals surface area (Å²) in [6, 6.07) is 11.7. The molecular formula is C19H19ClN2O5. The predicted molar refractivity (Wildman–Crippen MR) is 99.8 cm³/mol. The molecule has 2 amide bonds. The topological polar surface area (TPSA) is 108 Å². The Morgan fingerprint density at radius 2 is 1.78 bits per heavy atom. The fourth-order valence-corrected chi connectivity index (χ4v) is 2.57. The SMILES string of the molecule is COc1ccccc1C(=O)COC(=O)C[C@@H](NC(N)=O)c1ccc(Cl)cc1. The number of carbonyl (C=O) groups excluding carboxylic acids is 3. The van der Waals surface area contributed by atoms with Crippen LogP contribution in [0, 0.1) is 0 Å². The van der Waals surface area contributed by atoms with Crippen LogP contribution in [-0.4, -0.2) is 31.5 Å². The monoisotopic (exact) mass is 390 g/mol. The zero-order chi connectivity index (χ0) is 19.8. The first-order chi connectivity index (χ1) is 12.9. The van der Waals surface area contributed by atoms with Crippen LogP contribution < -0.4 is 15.8 Å². The van der Waals surface area contributed by atoms with E-state index in [1.165, 1.54) is 7.11 Å². The number of primary amides is 1. The highest BCUT2D eigenvalue weighted by Crippen LogP contribution is 2.21. The van der Waals surface area contributed by atoms with Gasteiger partial charge in [0, 0.05) is 5.02 Å². The molecule has 1 atom stereocenters. The van der Waals surface area contributed by atoms with Crippen LogP contribution in [0.3, 0.4) is 0 Å². The molecule has 3 N–H and O–H groups in total. The van der Waals surface area contributed by atoms with E-state index in [9.17, 15) is 14.4 Å². The number of benzene rings is 2. The van der Waals surface area contributed by atoms with E-state index < -0.39 is 30.4 Å². The molecular weight excluding hydrogens is 372 g/mol. The number of ether oxygens (including phenoxy) is 2. The minimum atomic E-state index is -0.784. The van der Waals surface area contributed by atoms with Crippen LogP contribution in [0.2, 0.25) is 5.02 Å². The predicted octanol–water partition coefficient (Wildman–Crippen LogP) is 2.87. The van der Waals surface area contributed by atoms with Gasteiger partial charge in [-0.3, -0.25) is 9.59 Å². The number of rotatable bonds is 8. The van der Waals surface area contributed by atoms with Crippen LogP contribution in [0.4, 0.5) is 4.79 Å². The van der Waals surface area contributed by atoms with E-state index in [2.05, 4.69) is 5.32 Å². The number of ketones is 1. The van der Waals surface area contributed by atoms with Gasteiger partial charge in [-0.25, -0.2) is 4.79 Å². The van der Waals surface area contributed by atoms with Gasteiger partial charge >= 0.3 is 12.0 Å². The molecule has 0 aliphatic rings. The van der Waals surface area contributed by atoms with E-state index in [1.807, 2.05) is 0 Å². The van der Waals surface area contributed by atoms with E-state index in [0.717, 1.165) is 0 Å². The number of Topliss-reactive ketones (excluding diaryl/α,β-unsaturated/α-hetero) is 1. The number of methoxy groups -OCH3 is 1. The third-order valence-electron chi connectivity index (χ3n) is 3.73. The summed E-state index contributed by atoms with van der Waals surface area (Å²) in [6.45, 7) is -0.441. The smallest absolute Gasteiger partial charge is 0.312 e. The standard InChI is InChI=1S/C19H19ClN2O5/c1-26-17-5-3-2-4-14(17)16(23)11-27-18(24)10-15(22-19(21)25)12-6-8-13(20)9-7-12/h2-9,15H,10-11H2,1H3,(H3,21,22,25)/t15-/m1/s1. The molecule has 8 heteroatoms. The zero-order valence-corrected chi connectivity index (χ0v) is 15.4. The Morgan fingerprint density at radius 3 is 2.41 bits per heavy atom. The summed E-state index contributed by atoms with van der Waals surface area (Å²) in [5.41, 5.74) is 6.12. The molecule has 0 fully saturated rings. The van der Waals surface area contributed by atoms with E-state index in [1.54, 1.807) is 48.5 Å². The Bertz CT molecular complexity index is 823. The molecule has 0 heterocycles. The van der Waals surface area contributed by atoms with Crippen molar-refractivity contribution < 1.29 is 23.9 Å². The van der Waals surface area contributed by atoms with Gasteiger partial charge in [-0.1, -0.05) is 35.9 Å². The summed E-state index contributed by atoms with van der Waals surface area (Å²) < 4.78 is 10.2. The van der Waals surface area contributed by atoms with Crippen molar-refractivity contribution in [2.24, 2.45) is 5.73 Å². The average Bonchev–Trinajstić information content (AvgIpc) is 2.65. The second-order valence-corrected chi connectivity index (χ2v) is 6.04. The van der Waals surface area contributed by atoms with Gasteiger partial charge in [-0.2, -0.15) is 0 Å². The van der Waals surface area contributed by atoms with Gasteiger partial charge in [-0.15, -0.1) is 0 Å². The molecule has 0 radical (unpaired) electrons. The molecule has 2 aromatic rings. The van der Waals surface area contributed by atoms with Gasteiger partial charge < -0.3 is 20.5 Å². The van der Waals surface area contributed by atoms with E-state index in [4.69, 9.17) is 26.8 Å². The molecule has 2 aromatic carbocycles. The van der Waals surface area contributed by atoms with Crippen molar-refractivity contribution in [1.29, 1.82) is 0 Å². The Kier molecular flexibility index (Phi) is 7.19. The molecule has 0 aliphatic carbocycles. The van der Waals surface area contributed by atoms with Crippen molar-refractivity contribution in [3.63, 3.8) is 0 Å². The normalized spacial score (nSPS) is 11.3. The van der Waals surface area contributed by atoms with Crippen molar-refractivity contribution in [1.82, 2.24) is 5.32 Å². The number of halogens is 1. The van der Waals surface area contributed by atoms with Crippen molar-refractivity contribution in [2.75, 3.05) is 13.7 Å². The maximum atomic E-state index is 12.2. The fourth-order valence-electron chi connectivity index (χ4n) is 2.44. The third-order valence-corrected chi connectivity index (χ3v) is 3.98. The summed E-state index contributed by atoms with van der Waals surface area (Å²) in [6.07, 6.45) is -0.191. The first-order valence-corrected chi connectivity index (χ1v) is 8.41. The lowest BCUT2D eigenvalue weighted by Crippen LogP contribution is -2.34. The van der Waals surface area contributed by atoms with Crippen LogP contribution in [-0.2, 0) is 9.53 Å². The lowest BCUT2D eigenvalue weighted by atomic mass is 10.0. The quantitative estimate of drug-likeness (QED) is 0.532. The minimum Gasteiger partial charge on any atom is -0.496 e. The molecule has 0 aliphatic heterocycles. The Labute approximate surface area is 161 Å². The maximum absolute atomic E-state index is 12.2. The molecule has 0 unspecified atom stereocenters. The van der Waals surface area contributed by atoms with Crippen LogP contribution in [0.5, 0.6) is 5.75 Å². The third kappa shape index (κ3) is 6.00. The van der Waals surface area contributed by atoms with Crippen molar-refractivity contribution in [3.8, 4) is 5.75 Å². The highest BCUT2D eigenvalue weighted by molar-refractivity contribution is 6.30. The fraction of sp³-hybridized carbons (Fsp3) is 0.211. The number of hydrogen-bond donors (Lipinski definition) is 2. The number of urea groups is 1. The molecule has 0 spiro atoms. The molecule has 142 valence electrons. The van der Waals surface area contributed by atoms with Crippen LogP contribution in [0.15, 0.2) is 48.5 Å². The summed E-state index contributed by atoms with van der Waals surface area (Å²) in [7, 11) is 1.45. The van der Waals surface area contributed by atoms with Crippen molar-refractivity contribution >= 4 is 29.4 Å². The second kappa shape index (κ2) is 9.59. The summed E-state index contributed by atoms with van der Waals surface area (Å²) in [5, 5.41) is 2.99. The van der Waals surface area contributed by atoms with Gasteiger partial charge in [0.15, 0.2) is 6.61 Å². The van der Waals surface area contributed by atoms with E-state index in [0.29, 0.717) is 21.9 Å². The second-order valence-electron chi connectivity index (χ2n) is 5.60. The Hall–Kier alpha value is -3.06. The minimum absolute atomic E-state index is 0.191. The van der Waals surface area contributed by atoms with Crippen LogP contribution in [0.1, 0.15) is 28.4 Å². The molecule has 27 heavy (non-hydrogen) atoms. The molecule has 2 rings (SSSR count). The first kappa shape index (κ1) is 20.3. The van der Waals surface area contributed by atoms with Gasteiger partial charge in [0.05, 0.1) is 25.1 Å². The number of nitrogens with two attached hydrogens (primary N) is 1. The number of para-hydroxylation sites is 1. The highest BCUT2D eigenvalue weighted by Gasteiger charge is 2.20. The van der Waals surface area contributed by atoms with E-state index in [-0.39, 0.29) is 6.42 Å². The molecule has 0 saturated heterocycles. The highest BCUT2D eigenvalue weighted by atomic mass is 35.5. The van der Waals surface area contributed by atoms with Gasteiger partial charge in [0.2, 0.25) is 5.78 Å². The van der Waals surface area contributed by atoms with E-state index >= 15 is 0 Å². The number of esters is 1. The average molecular weight is 391 g/mol. The van der Waals surface area contributed by atoms with Crippen molar-refractivity contribution in [3.05, 3.63) is 64.7 Å². The molecule has 7 nitrogen and oxygen atoms in total. The summed E-state index contributed by atoms with van der Waals surface area (Å²) in [5.74, 6) is -0.661. The molecule has 0 aromatic heterocycles. The van der Waals surface area contributed by atoms with Gasteiger partial charge in [-0.05, 0) is 29.8 Å².